The Morgan fingerprint density at radius 2 is 2.22 bits per heavy atom. The van der Waals surface area contributed by atoms with Gasteiger partial charge in [-0.25, -0.2) is 0 Å². The third kappa shape index (κ3) is 3.07. The Hall–Kier alpha value is -0.540. The van der Waals surface area contributed by atoms with Crippen LogP contribution in [0.3, 0.4) is 0 Å². The second-order valence-corrected chi connectivity index (χ2v) is 6.33. The first kappa shape index (κ1) is 12.5. The Kier molecular flexibility index (Phi) is 3.90. The van der Waals surface area contributed by atoms with Gasteiger partial charge in [-0.1, -0.05) is 28.8 Å². The predicted octanol–water partition coefficient (Wildman–Crippen LogP) is 3.66. The van der Waals surface area contributed by atoms with Crippen LogP contribution in [0.25, 0.3) is 0 Å². The van der Waals surface area contributed by atoms with Crippen LogP contribution in [0.2, 0.25) is 0 Å². The quantitative estimate of drug-likeness (QED) is 0.810. The molecule has 0 atom stereocenters. The minimum Gasteiger partial charge on any atom is -0.493 e. The van der Waals surface area contributed by atoms with Crippen LogP contribution in [-0.4, -0.2) is 13.2 Å². The van der Waals surface area contributed by atoms with Crippen LogP contribution in [-0.2, 0) is 13.0 Å². The Morgan fingerprint density at radius 3 is 3.06 bits per heavy atom. The highest BCUT2D eigenvalue weighted by atomic mass is 79.9. The number of hydrogen-bond acceptors (Lipinski definition) is 2. The maximum absolute atomic E-state index is 5.73. The van der Waals surface area contributed by atoms with Crippen LogP contribution in [0.15, 0.2) is 16.6 Å². The molecule has 1 heterocycles. The number of hydrogen-bond donors (Lipinski definition) is 1. The second kappa shape index (κ2) is 5.62. The van der Waals surface area contributed by atoms with E-state index in [0.29, 0.717) is 0 Å². The third-order valence-corrected chi connectivity index (χ3v) is 4.26. The van der Waals surface area contributed by atoms with Gasteiger partial charge in [0.25, 0.3) is 0 Å². The molecular formula is C15H20BrNO. The van der Waals surface area contributed by atoms with E-state index in [0.717, 1.165) is 37.8 Å². The molecule has 0 spiro atoms. The monoisotopic (exact) mass is 309 g/mol. The maximum atomic E-state index is 5.73. The van der Waals surface area contributed by atoms with Gasteiger partial charge in [-0.05, 0) is 43.0 Å². The van der Waals surface area contributed by atoms with Crippen LogP contribution >= 0.6 is 15.9 Å². The van der Waals surface area contributed by atoms with Gasteiger partial charge in [0.1, 0.15) is 5.75 Å². The molecule has 3 rings (SSSR count). The Bertz CT molecular complexity index is 429. The van der Waals surface area contributed by atoms with Crippen LogP contribution in [0, 0.1) is 5.92 Å². The minimum absolute atomic E-state index is 0.834. The van der Waals surface area contributed by atoms with Crippen molar-refractivity contribution >= 4 is 15.9 Å². The van der Waals surface area contributed by atoms with Gasteiger partial charge in [0.05, 0.1) is 6.61 Å². The molecule has 18 heavy (non-hydrogen) atoms. The summed E-state index contributed by atoms with van der Waals surface area (Å²) in [4.78, 5) is 0. The molecule has 0 saturated heterocycles. The van der Waals surface area contributed by atoms with Crippen molar-refractivity contribution in [3.8, 4) is 5.75 Å². The molecule has 1 aromatic rings. The average Bonchev–Trinajstić information content (AvgIpc) is 3.05. The molecule has 1 saturated carbocycles. The van der Waals surface area contributed by atoms with Crippen molar-refractivity contribution in [1.29, 1.82) is 0 Å². The van der Waals surface area contributed by atoms with Crippen molar-refractivity contribution in [2.45, 2.75) is 38.6 Å². The first-order chi connectivity index (χ1) is 8.83. The smallest absolute Gasteiger partial charge is 0.127 e. The zero-order valence-corrected chi connectivity index (χ0v) is 12.3. The fourth-order valence-electron chi connectivity index (χ4n) is 2.62. The highest BCUT2D eigenvalue weighted by molar-refractivity contribution is 9.10. The topological polar surface area (TPSA) is 21.3 Å². The molecule has 2 nitrogen and oxygen atoms in total. The Labute approximate surface area is 117 Å². The number of benzene rings is 1. The number of halogens is 1. The van der Waals surface area contributed by atoms with Gasteiger partial charge in [-0.15, -0.1) is 0 Å². The lowest BCUT2D eigenvalue weighted by molar-refractivity contribution is 0.352. The molecule has 0 bridgehead atoms. The van der Waals surface area contributed by atoms with Crippen molar-refractivity contribution in [2.75, 3.05) is 13.2 Å². The largest absolute Gasteiger partial charge is 0.493 e. The lowest BCUT2D eigenvalue weighted by atomic mass is 10.1. The lowest BCUT2D eigenvalue weighted by Gasteiger charge is -2.10. The average molecular weight is 310 g/mol. The van der Waals surface area contributed by atoms with Gasteiger partial charge in [0.15, 0.2) is 0 Å². The van der Waals surface area contributed by atoms with Gasteiger partial charge < -0.3 is 10.1 Å². The van der Waals surface area contributed by atoms with Gasteiger partial charge in [-0.3, -0.25) is 0 Å². The number of rotatable bonds is 6. The summed E-state index contributed by atoms with van der Waals surface area (Å²) in [7, 11) is 0. The summed E-state index contributed by atoms with van der Waals surface area (Å²) >= 11 is 3.58. The maximum Gasteiger partial charge on any atom is 0.127 e. The molecule has 2 aliphatic rings. The molecule has 1 aliphatic carbocycles. The molecule has 1 N–H and O–H groups in total. The Balaban J connectivity index is 1.52. The van der Waals surface area contributed by atoms with E-state index in [-0.39, 0.29) is 0 Å². The van der Waals surface area contributed by atoms with Gasteiger partial charge in [-0.2, -0.15) is 0 Å². The Morgan fingerprint density at radius 1 is 1.33 bits per heavy atom. The molecule has 1 fully saturated rings. The molecule has 1 aromatic carbocycles. The first-order valence-corrected chi connectivity index (χ1v) is 7.77. The summed E-state index contributed by atoms with van der Waals surface area (Å²) in [6.07, 6.45) is 6.69. The van der Waals surface area contributed by atoms with Gasteiger partial charge >= 0.3 is 0 Å². The van der Waals surface area contributed by atoms with E-state index in [1.54, 1.807) is 0 Å². The zero-order chi connectivity index (χ0) is 12.4. The predicted molar refractivity (Wildman–Crippen MR) is 77.0 cm³/mol. The number of nitrogens with one attached hydrogen (secondary N) is 1. The van der Waals surface area contributed by atoms with Crippen molar-refractivity contribution in [3.05, 3.63) is 27.7 Å². The molecule has 0 aromatic heterocycles. The molecule has 3 heteroatoms. The third-order valence-electron chi connectivity index (χ3n) is 3.80. The van der Waals surface area contributed by atoms with E-state index in [4.69, 9.17) is 4.74 Å². The summed E-state index contributed by atoms with van der Waals surface area (Å²) in [5, 5.41) is 3.54. The molecule has 98 valence electrons. The van der Waals surface area contributed by atoms with E-state index in [2.05, 4.69) is 33.4 Å². The fourth-order valence-corrected chi connectivity index (χ4v) is 3.18. The van der Waals surface area contributed by atoms with E-state index < -0.39 is 0 Å². The van der Waals surface area contributed by atoms with Crippen LogP contribution in [0.4, 0.5) is 0 Å². The SMILES string of the molecule is Brc1cc2c(c(CNCCCC3CC3)c1)OCC2. The molecule has 0 radical (unpaired) electrons. The fraction of sp³-hybridized carbons (Fsp3) is 0.600. The minimum atomic E-state index is 0.834. The number of ether oxygens (including phenoxy) is 1. The van der Waals surface area contributed by atoms with Crippen molar-refractivity contribution in [2.24, 2.45) is 5.92 Å². The molecular weight excluding hydrogens is 290 g/mol. The summed E-state index contributed by atoms with van der Waals surface area (Å²) in [5.41, 5.74) is 2.64. The normalized spacial score (nSPS) is 17.6. The van der Waals surface area contributed by atoms with Crippen LogP contribution in [0.5, 0.6) is 5.75 Å². The molecule has 0 unspecified atom stereocenters. The van der Waals surface area contributed by atoms with Crippen LogP contribution in [0.1, 0.15) is 36.8 Å². The van der Waals surface area contributed by atoms with E-state index in [9.17, 15) is 0 Å². The lowest BCUT2D eigenvalue weighted by Crippen LogP contribution is -2.15. The highest BCUT2D eigenvalue weighted by Crippen LogP contribution is 2.34. The zero-order valence-electron chi connectivity index (χ0n) is 10.7. The summed E-state index contributed by atoms with van der Waals surface area (Å²) in [5.74, 6) is 2.16. The highest BCUT2D eigenvalue weighted by Gasteiger charge is 2.20. The van der Waals surface area contributed by atoms with Gasteiger partial charge in [0, 0.05) is 23.0 Å². The molecule has 0 amide bonds. The van der Waals surface area contributed by atoms with Crippen molar-refractivity contribution < 1.29 is 4.74 Å². The van der Waals surface area contributed by atoms with Crippen molar-refractivity contribution in [1.82, 2.24) is 5.32 Å². The van der Waals surface area contributed by atoms with E-state index in [1.807, 2.05) is 0 Å². The summed E-state index contributed by atoms with van der Waals surface area (Å²) in [6, 6.07) is 4.36. The summed E-state index contributed by atoms with van der Waals surface area (Å²) < 4.78 is 6.90. The van der Waals surface area contributed by atoms with Crippen molar-refractivity contribution in [3.63, 3.8) is 0 Å². The first-order valence-electron chi connectivity index (χ1n) is 6.98. The van der Waals surface area contributed by atoms with Gasteiger partial charge in [0.2, 0.25) is 0 Å². The van der Waals surface area contributed by atoms with E-state index in [1.165, 1.54) is 41.3 Å². The van der Waals surface area contributed by atoms with E-state index >= 15 is 0 Å². The second-order valence-electron chi connectivity index (χ2n) is 5.41. The summed E-state index contributed by atoms with van der Waals surface area (Å²) in [6.45, 7) is 2.88. The molecule has 1 aliphatic heterocycles. The standard InChI is InChI=1S/C15H20BrNO/c16-14-8-12-5-7-18-15(12)13(9-14)10-17-6-1-2-11-3-4-11/h8-9,11,17H,1-7,10H2. The number of fused-ring (bicyclic) bond motifs is 1. The van der Waals surface area contributed by atoms with Crippen LogP contribution < -0.4 is 10.1 Å².